The molecule has 13 heavy (non-hydrogen) atoms. The minimum Gasteiger partial charge on any atom is -0.303 e. The highest BCUT2D eigenvalue weighted by Crippen LogP contribution is 2.26. The number of hydrogen-bond acceptors (Lipinski definition) is 1. The summed E-state index contributed by atoms with van der Waals surface area (Å²) in [5.74, 6) is 0. The van der Waals surface area contributed by atoms with Gasteiger partial charge in [0.25, 0.3) is 0 Å². The van der Waals surface area contributed by atoms with Crippen LogP contribution >= 0.6 is 0 Å². The quantitative estimate of drug-likeness (QED) is 0.478. The Hall–Kier alpha value is -0.850. The Bertz CT molecular complexity index is 246. The van der Waals surface area contributed by atoms with E-state index in [1.165, 1.54) is 24.0 Å². The maximum Gasteiger partial charge on any atom is 0.120 e. The molecule has 0 heterocycles. The maximum atomic E-state index is 10.2. The lowest BCUT2D eigenvalue weighted by Crippen LogP contribution is -1.96. The normalized spacial score (nSPS) is 20.9. The van der Waals surface area contributed by atoms with Crippen LogP contribution in [0.3, 0.4) is 0 Å². The fraction of sp³-hybridized carbons (Fsp3) is 0.583. The molecule has 0 atom stereocenters. The van der Waals surface area contributed by atoms with Crippen LogP contribution in [-0.4, -0.2) is 6.29 Å². The van der Waals surface area contributed by atoms with Crippen LogP contribution in [0.4, 0.5) is 0 Å². The zero-order valence-electron chi connectivity index (χ0n) is 8.60. The number of aldehydes is 1. The van der Waals surface area contributed by atoms with Crippen LogP contribution in [0.25, 0.3) is 0 Å². The summed E-state index contributed by atoms with van der Waals surface area (Å²) in [6, 6.07) is 0. The first-order chi connectivity index (χ1) is 6.24. The average Bonchev–Trinajstić information content (AvgIpc) is 2.15. The van der Waals surface area contributed by atoms with Crippen molar-refractivity contribution >= 4 is 6.29 Å². The second-order valence-corrected chi connectivity index (χ2v) is 3.84. The molecule has 0 aliphatic heterocycles. The highest BCUT2D eigenvalue weighted by atomic mass is 16.1. The van der Waals surface area contributed by atoms with Crippen molar-refractivity contribution in [2.75, 3.05) is 0 Å². The maximum absolute atomic E-state index is 10.2. The zero-order chi connectivity index (χ0) is 9.68. The topological polar surface area (TPSA) is 17.1 Å². The molecule has 0 aromatic carbocycles. The fourth-order valence-electron chi connectivity index (χ4n) is 1.69. The van der Waals surface area contributed by atoms with Gasteiger partial charge in [-0.1, -0.05) is 22.8 Å². The molecule has 0 saturated carbocycles. The predicted octanol–water partition coefficient (Wildman–Crippen LogP) is 3.41. The number of carbonyl (C=O) groups is 1. The van der Waals surface area contributed by atoms with Crippen molar-refractivity contribution in [3.05, 3.63) is 22.8 Å². The van der Waals surface area contributed by atoms with E-state index in [1.54, 1.807) is 5.57 Å². The van der Waals surface area contributed by atoms with Gasteiger partial charge in [-0.15, -0.1) is 0 Å². The van der Waals surface area contributed by atoms with E-state index in [0.29, 0.717) is 6.42 Å². The number of allylic oxidation sites excluding steroid dienone is 4. The molecule has 0 radical (unpaired) electrons. The van der Waals surface area contributed by atoms with E-state index in [0.717, 1.165) is 19.1 Å². The monoisotopic (exact) mass is 178 g/mol. The molecule has 1 aliphatic rings. The third-order valence-electron chi connectivity index (χ3n) is 2.76. The van der Waals surface area contributed by atoms with Crippen molar-refractivity contribution in [3.8, 4) is 0 Å². The van der Waals surface area contributed by atoms with E-state index < -0.39 is 0 Å². The molecule has 0 fully saturated rings. The minimum absolute atomic E-state index is 0.679. The van der Waals surface area contributed by atoms with Gasteiger partial charge in [0.05, 0.1) is 0 Å². The summed E-state index contributed by atoms with van der Waals surface area (Å²) in [5.41, 5.74) is 4.48. The summed E-state index contributed by atoms with van der Waals surface area (Å²) in [7, 11) is 0. The van der Waals surface area contributed by atoms with Crippen molar-refractivity contribution in [2.45, 2.75) is 46.0 Å². The lowest BCUT2D eigenvalue weighted by molar-refractivity contribution is -0.107. The van der Waals surface area contributed by atoms with Gasteiger partial charge >= 0.3 is 0 Å². The molecule has 0 saturated heterocycles. The first-order valence-corrected chi connectivity index (χ1v) is 5.01. The first-order valence-electron chi connectivity index (χ1n) is 5.01. The second-order valence-electron chi connectivity index (χ2n) is 3.84. The summed E-state index contributed by atoms with van der Waals surface area (Å²) in [5, 5.41) is 0. The van der Waals surface area contributed by atoms with E-state index >= 15 is 0 Å². The summed E-state index contributed by atoms with van der Waals surface area (Å²) < 4.78 is 0. The Labute approximate surface area is 80.5 Å². The number of carbonyl (C=O) groups excluding carboxylic acids is 1. The molecule has 72 valence electrons. The molecule has 1 heteroatoms. The molecule has 1 nitrogen and oxygen atoms in total. The zero-order valence-corrected chi connectivity index (χ0v) is 8.60. The average molecular weight is 178 g/mol. The molecule has 0 amide bonds. The molecule has 0 aromatic rings. The predicted molar refractivity (Wildman–Crippen MR) is 55.6 cm³/mol. The van der Waals surface area contributed by atoms with Crippen molar-refractivity contribution in [1.29, 1.82) is 0 Å². The van der Waals surface area contributed by atoms with Gasteiger partial charge in [0.15, 0.2) is 0 Å². The van der Waals surface area contributed by atoms with E-state index in [9.17, 15) is 4.79 Å². The Kier molecular flexibility index (Phi) is 3.94. The highest BCUT2D eigenvalue weighted by Gasteiger charge is 2.06. The Morgan fingerprint density at radius 2 is 2.31 bits per heavy atom. The van der Waals surface area contributed by atoms with Crippen molar-refractivity contribution in [3.63, 3.8) is 0 Å². The van der Waals surface area contributed by atoms with Crippen LogP contribution in [-0.2, 0) is 4.79 Å². The fourth-order valence-corrected chi connectivity index (χ4v) is 1.69. The Morgan fingerprint density at radius 3 is 2.85 bits per heavy atom. The van der Waals surface area contributed by atoms with Crippen LogP contribution in [0.5, 0.6) is 0 Å². The molecule has 0 unspecified atom stereocenters. The van der Waals surface area contributed by atoms with Crippen LogP contribution in [0.15, 0.2) is 22.8 Å². The SMILES string of the molecule is CC1=CCC(=C(C)CCC=O)CC1. The van der Waals surface area contributed by atoms with Gasteiger partial charge in [-0.3, -0.25) is 0 Å². The van der Waals surface area contributed by atoms with Crippen molar-refractivity contribution in [1.82, 2.24) is 0 Å². The summed E-state index contributed by atoms with van der Waals surface area (Å²) in [6.07, 6.45) is 8.46. The molecule has 1 rings (SSSR count). The van der Waals surface area contributed by atoms with Gasteiger partial charge in [-0.2, -0.15) is 0 Å². The molecular formula is C12H18O. The Morgan fingerprint density at radius 1 is 1.54 bits per heavy atom. The van der Waals surface area contributed by atoms with Crippen molar-refractivity contribution < 1.29 is 4.79 Å². The van der Waals surface area contributed by atoms with Gasteiger partial charge in [0.1, 0.15) is 6.29 Å². The van der Waals surface area contributed by atoms with E-state index in [2.05, 4.69) is 19.9 Å². The van der Waals surface area contributed by atoms with Gasteiger partial charge < -0.3 is 4.79 Å². The van der Waals surface area contributed by atoms with Crippen LogP contribution in [0.2, 0.25) is 0 Å². The summed E-state index contributed by atoms with van der Waals surface area (Å²) >= 11 is 0. The van der Waals surface area contributed by atoms with Crippen molar-refractivity contribution in [2.24, 2.45) is 0 Å². The van der Waals surface area contributed by atoms with Crippen LogP contribution in [0.1, 0.15) is 46.0 Å². The highest BCUT2D eigenvalue weighted by molar-refractivity contribution is 5.50. The largest absolute Gasteiger partial charge is 0.303 e. The lowest BCUT2D eigenvalue weighted by atomic mass is 9.91. The van der Waals surface area contributed by atoms with E-state index in [4.69, 9.17) is 0 Å². The third-order valence-corrected chi connectivity index (χ3v) is 2.76. The molecule has 0 spiro atoms. The van der Waals surface area contributed by atoms with E-state index in [1.807, 2.05) is 0 Å². The second kappa shape index (κ2) is 5.00. The Balaban J connectivity index is 2.54. The lowest BCUT2D eigenvalue weighted by Gasteiger charge is -2.15. The number of hydrogen-bond donors (Lipinski definition) is 0. The minimum atomic E-state index is 0.679. The molecule has 1 aliphatic carbocycles. The molecule has 0 bridgehead atoms. The number of rotatable bonds is 3. The van der Waals surface area contributed by atoms with Gasteiger partial charge in [0, 0.05) is 6.42 Å². The van der Waals surface area contributed by atoms with Crippen LogP contribution < -0.4 is 0 Å². The van der Waals surface area contributed by atoms with Crippen LogP contribution in [0, 0.1) is 0 Å². The summed E-state index contributed by atoms with van der Waals surface area (Å²) in [4.78, 5) is 10.2. The third kappa shape index (κ3) is 3.17. The van der Waals surface area contributed by atoms with Gasteiger partial charge in [0.2, 0.25) is 0 Å². The molecular weight excluding hydrogens is 160 g/mol. The summed E-state index contributed by atoms with van der Waals surface area (Å²) in [6.45, 7) is 4.35. The van der Waals surface area contributed by atoms with E-state index in [-0.39, 0.29) is 0 Å². The van der Waals surface area contributed by atoms with Gasteiger partial charge in [-0.05, 0) is 39.5 Å². The first kappa shape index (κ1) is 10.2. The molecule has 0 aromatic heterocycles. The molecule has 0 N–H and O–H groups in total. The standard InChI is InChI=1S/C12H18O/c1-10-5-7-12(8-6-10)11(2)4-3-9-13/h5,9H,3-4,6-8H2,1-2H3. The van der Waals surface area contributed by atoms with Gasteiger partial charge in [-0.25, -0.2) is 0 Å². The smallest absolute Gasteiger partial charge is 0.120 e.